The van der Waals surface area contributed by atoms with Crippen LogP contribution in [0.25, 0.3) is 0 Å². The smallest absolute Gasteiger partial charge is 0.167 e. The quantitative estimate of drug-likeness (QED) is 0.565. The standard InChI is InChI=1S/C21H25BrClNO2/c1-25-20-11-10-19(22)18(13-24-17-8-3-2-4-9-17)21(20)26-14-15-6-5-7-16(23)12-15/h5-7,10-12,17,24H,2-4,8-9,13-14H2,1H3. The van der Waals surface area contributed by atoms with Crippen LogP contribution >= 0.6 is 27.5 Å². The lowest BCUT2D eigenvalue weighted by Gasteiger charge is -2.24. The van der Waals surface area contributed by atoms with Crippen molar-refractivity contribution < 1.29 is 9.47 Å². The van der Waals surface area contributed by atoms with Gasteiger partial charge in [0.2, 0.25) is 0 Å². The highest BCUT2D eigenvalue weighted by molar-refractivity contribution is 9.10. The van der Waals surface area contributed by atoms with Crippen LogP contribution in [0.3, 0.4) is 0 Å². The number of hydrogen-bond acceptors (Lipinski definition) is 3. The molecule has 0 unspecified atom stereocenters. The highest BCUT2D eigenvalue weighted by Crippen LogP contribution is 2.37. The van der Waals surface area contributed by atoms with Crippen molar-refractivity contribution in [3.63, 3.8) is 0 Å². The average molecular weight is 439 g/mol. The number of hydrogen-bond donors (Lipinski definition) is 1. The summed E-state index contributed by atoms with van der Waals surface area (Å²) in [7, 11) is 1.67. The molecule has 0 aliphatic heterocycles. The molecule has 140 valence electrons. The van der Waals surface area contributed by atoms with E-state index in [1.807, 2.05) is 36.4 Å². The summed E-state index contributed by atoms with van der Waals surface area (Å²) in [5.41, 5.74) is 2.13. The Morgan fingerprint density at radius 2 is 1.96 bits per heavy atom. The molecule has 2 aromatic rings. The van der Waals surface area contributed by atoms with Gasteiger partial charge in [-0.25, -0.2) is 0 Å². The van der Waals surface area contributed by atoms with Crippen LogP contribution in [0.1, 0.15) is 43.2 Å². The minimum atomic E-state index is 0.448. The van der Waals surface area contributed by atoms with Gasteiger partial charge in [0, 0.05) is 27.6 Å². The molecule has 0 amide bonds. The van der Waals surface area contributed by atoms with Crippen molar-refractivity contribution in [2.45, 2.75) is 51.3 Å². The summed E-state index contributed by atoms with van der Waals surface area (Å²) < 4.78 is 12.7. The Kier molecular flexibility index (Phi) is 7.23. The highest BCUT2D eigenvalue weighted by Gasteiger charge is 2.18. The van der Waals surface area contributed by atoms with E-state index >= 15 is 0 Å². The summed E-state index contributed by atoms with van der Waals surface area (Å²) in [4.78, 5) is 0. The van der Waals surface area contributed by atoms with Gasteiger partial charge in [-0.05, 0) is 42.7 Å². The maximum Gasteiger partial charge on any atom is 0.167 e. The number of methoxy groups -OCH3 is 1. The largest absolute Gasteiger partial charge is 0.493 e. The van der Waals surface area contributed by atoms with E-state index in [0.717, 1.165) is 33.6 Å². The molecule has 0 bridgehead atoms. The van der Waals surface area contributed by atoms with E-state index in [0.29, 0.717) is 17.7 Å². The van der Waals surface area contributed by atoms with Gasteiger partial charge in [0.15, 0.2) is 11.5 Å². The third kappa shape index (κ3) is 5.15. The second-order valence-corrected chi connectivity index (χ2v) is 7.98. The second kappa shape index (κ2) is 9.63. The summed E-state index contributed by atoms with van der Waals surface area (Å²) in [6.07, 6.45) is 6.49. The Hall–Kier alpha value is -1.23. The zero-order valence-corrected chi connectivity index (χ0v) is 17.4. The molecule has 2 aromatic carbocycles. The van der Waals surface area contributed by atoms with E-state index in [1.165, 1.54) is 32.1 Å². The third-order valence-electron chi connectivity index (χ3n) is 4.83. The first-order valence-electron chi connectivity index (χ1n) is 9.13. The minimum absolute atomic E-state index is 0.448. The predicted molar refractivity (Wildman–Crippen MR) is 110 cm³/mol. The number of rotatable bonds is 7. The van der Waals surface area contributed by atoms with Gasteiger partial charge in [-0.2, -0.15) is 0 Å². The van der Waals surface area contributed by atoms with Gasteiger partial charge in [-0.15, -0.1) is 0 Å². The Morgan fingerprint density at radius 3 is 2.69 bits per heavy atom. The zero-order valence-electron chi connectivity index (χ0n) is 15.1. The molecule has 1 aliphatic rings. The molecule has 1 aliphatic carbocycles. The molecule has 1 N–H and O–H groups in total. The van der Waals surface area contributed by atoms with Crippen LogP contribution in [0.5, 0.6) is 11.5 Å². The van der Waals surface area contributed by atoms with Crippen molar-refractivity contribution in [3.05, 3.63) is 57.0 Å². The fourth-order valence-corrected chi connectivity index (χ4v) is 4.07. The Morgan fingerprint density at radius 1 is 1.15 bits per heavy atom. The molecule has 0 heterocycles. The van der Waals surface area contributed by atoms with Gasteiger partial charge in [-0.3, -0.25) is 0 Å². The summed E-state index contributed by atoms with van der Waals surface area (Å²) in [6, 6.07) is 12.3. The minimum Gasteiger partial charge on any atom is -0.493 e. The number of benzene rings is 2. The molecule has 3 nitrogen and oxygen atoms in total. The van der Waals surface area contributed by atoms with Crippen molar-refractivity contribution in [1.29, 1.82) is 0 Å². The molecular weight excluding hydrogens is 414 g/mol. The van der Waals surface area contributed by atoms with E-state index in [2.05, 4.69) is 21.2 Å². The van der Waals surface area contributed by atoms with E-state index in [9.17, 15) is 0 Å². The molecule has 3 rings (SSSR count). The van der Waals surface area contributed by atoms with E-state index in [1.54, 1.807) is 7.11 Å². The number of ether oxygens (including phenoxy) is 2. The van der Waals surface area contributed by atoms with E-state index in [-0.39, 0.29) is 0 Å². The second-order valence-electron chi connectivity index (χ2n) is 6.69. The van der Waals surface area contributed by atoms with Crippen molar-refractivity contribution in [3.8, 4) is 11.5 Å². The maximum atomic E-state index is 6.17. The van der Waals surface area contributed by atoms with Crippen LogP contribution in [0, 0.1) is 0 Å². The highest BCUT2D eigenvalue weighted by atomic mass is 79.9. The summed E-state index contributed by atoms with van der Waals surface area (Å²) in [6.45, 7) is 1.21. The van der Waals surface area contributed by atoms with E-state index in [4.69, 9.17) is 21.1 Å². The van der Waals surface area contributed by atoms with Crippen LogP contribution in [-0.2, 0) is 13.2 Å². The van der Waals surface area contributed by atoms with E-state index < -0.39 is 0 Å². The molecule has 0 radical (unpaired) electrons. The fourth-order valence-electron chi connectivity index (χ4n) is 3.40. The van der Waals surface area contributed by atoms with Crippen LogP contribution < -0.4 is 14.8 Å². The average Bonchev–Trinajstić information content (AvgIpc) is 2.66. The Labute approximate surface area is 169 Å². The van der Waals surface area contributed by atoms with Crippen LogP contribution in [-0.4, -0.2) is 13.2 Å². The van der Waals surface area contributed by atoms with Crippen molar-refractivity contribution in [2.75, 3.05) is 7.11 Å². The molecule has 1 fully saturated rings. The first kappa shape index (κ1) is 19.5. The Balaban J connectivity index is 1.76. The molecule has 5 heteroatoms. The van der Waals surface area contributed by atoms with Gasteiger partial charge >= 0.3 is 0 Å². The summed E-state index contributed by atoms with van der Waals surface area (Å²) >= 11 is 9.76. The van der Waals surface area contributed by atoms with Crippen LogP contribution in [0.4, 0.5) is 0 Å². The van der Waals surface area contributed by atoms with Crippen LogP contribution in [0.2, 0.25) is 5.02 Å². The first-order chi connectivity index (χ1) is 12.7. The summed E-state index contributed by atoms with van der Waals surface area (Å²) in [5.74, 6) is 1.53. The number of halogens is 2. The molecule has 0 aromatic heterocycles. The SMILES string of the molecule is COc1ccc(Br)c(CNC2CCCCC2)c1OCc1cccc(Cl)c1. The molecular formula is C21H25BrClNO2. The summed E-state index contributed by atoms with van der Waals surface area (Å²) in [5, 5.41) is 4.41. The zero-order chi connectivity index (χ0) is 18.4. The third-order valence-corrected chi connectivity index (χ3v) is 5.81. The normalized spacial score (nSPS) is 15.0. The van der Waals surface area contributed by atoms with Crippen molar-refractivity contribution in [2.24, 2.45) is 0 Å². The number of nitrogens with one attached hydrogen (secondary N) is 1. The molecule has 0 saturated heterocycles. The molecule has 1 saturated carbocycles. The molecule has 26 heavy (non-hydrogen) atoms. The lowest BCUT2D eigenvalue weighted by atomic mass is 9.95. The maximum absolute atomic E-state index is 6.17. The van der Waals surface area contributed by atoms with Crippen molar-refractivity contribution in [1.82, 2.24) is 5.32 Å². The monoisotopic (exact) mass is 437 g/mol. The van der Waals surface area contributed by atoms with Gasteiger partial charge in [0.1, 0.15) is 6.61 Å². The molecule has 0 spiro atoms. The Bertz CT molecular complexity index is 732. The first-order valence-corrected chi connectivity index (χ1v) is 10.3. The van der Waals surface area contributed by atoms with Gasteiger partial charge in [0.05, 0.1) is 7.11 Å². The van der Waals surface area contributed by atoms with Gasteiger partial charge in [-0.1, -0.05) is 58.9 Å². The predicted octanol–water partition coefficient (Wildman–Crippen LogP) is 6.11. The molecule has 0 atom stereocenters. The van der Waals surface area contributed by atoms with Crippen LogP contribution in [0.15, 0.2) is 40.9 Å². The van der Waals surface area contributed by atoms with Gasteiger partial charge in [0.25, 0.3) is 0 Å². The topological polar surface area (TPSA) is 30.5 Å². The fraction of sp³-hybridized carbons (Fsp3) is 0.429. The lowest BCUT2D eigenvalue weighted by Crippen LogP contribution is -2.30. The van der Waals surface area contributed by atoms with Gasteiger partial charge < -0.3 is 14.8 Å². The van der Waals surface area contributed by atoms with Crippen molar-refractivity contribution >= 4 is 27.5 Å². The lowest BCUT2D eigenvalue weighted by molar-refractivity contribution is 0.278.